The second-order valence-corrected chi connectivity index (χ2v) is 4.03. The molecule has 1 aromatic heterocycles. The van der Waals surface area contributed by atoms with E-state index in [9.17, 15) is 4.39 Å². The summed E-state index contributed by atoms with van der Waals surface area (Å²) in [6, 6.07) is 6.28. The molecule has 2 rings (SSSR count). The van der Waals surface area contributed by atoms with Crippen molar-refractivity contribution in [3.63, 3.8) is 0 Å². The van der Waals surface area contributed by atoms with Gasteiger partial charge in [0.25, 0.3) is 0 Å². The van der Waals surface area contributed by atoms with E-state index in [-0.39, 0.29) is 17.7 Å². The molecule has 1 atom stereocenters. The van der Waals surface area contributed by atoms with E-state index in [1.165, 1.54) is 19.5 Å². The van der Waals surface area contributed by atoms with Crippen LogP contribution in [-0.4, -0.2) is 17.1 Å². The van der Waals surface area contributed by atoms with Gasteiger partial charge in [-0.25, -0.2) is 14.4 Å². The van der Waals surface area contributed by atoms with Crippen LogP contribution in [0.3, 0.4) is 0 Å². The number of rotatable bonds is 4. The van der Waals surface area contributed by atoms with Crippen molar-refractivity contribution in [3.8, 4) is 5.75 Å². The molecule has 1 aromatic carbocycles. The van der Waals surface area contributed by atoms with Crippen LogP contribution in [0, 0.1) is 5.82 Å². The lowest BCUT2D eigenvalue weighted by atomic mass is 10.1. The number of hydrogen-bond donors (Lipinski definition) is 2. The summed E-state index contributed by atoms with van der Waals surface area (Å²) in [6.07, 6.45) is 1.33. The van der Waals surface area contributed by atoms with Gasteiger partial charge in [0.15, 0.2) is 11.6 Å². The molecule has 2 aromatic rings. The van der Waals surface area contributed by atoms with Crippen LogP contribution in [0.4, 0.5) is 16.0 Å². The zero-order valence-electron chi connectivity index (χ0n) is 10.7. The van der Waals surface area contributed by atoms with Gasteiger partial charge in [0.05, 0.1) is 13.2 Å². The molecule has 0 radical (unpaired) electrons. The number of nitrogen functional groups attached to an aromatic ring is 1. The molecule has 0 amide bonds. The largest absolute Gasteiger partial charge is 0.490 e. The topological polar surface area (TPSA) is 73.1 Å². The lowest BCUT2D eigenvalue weighted by Crippen LogP contribution is -2.12. The summed E-state index contributed by atoms with van der Waals surface area (Å²) in [4.78, 5) is 7.89. The minimum atomic E-state index is -0.275. The van der Waals surface area contributed by atoms with Crippen LogP contribution in [0.15, 0.2) is 30.6 Å². The predicted molar refractivity (Wildman–Crippen MR) is 71.4 cm³/mol. The molecule has 0 spiro atoms. The van der Waals surface area contributed by atoms with Gasteiger partial charge in [-0.05, 0) is 13.0 Å². The highest BCUT2D eigenvalue weighted by molar-refractivity contribution is 5.61. The maximum Gasteiger partial charge on any atom is 0.203 e. The van der Waals surface area contributed by atoms with Crippen LogP contribution < -0.4 is 15.8 Å². The van der Waals surface area contributed by atoms with Crippen molar-refractivity contribution in [2.75, 3.05) is 18.2 Å². The third-order valence-electron chi connectivity index (χ3n) is 2.76. The number of nitrogens with one attached hydrogen (secondary N) is 1. The Labute approximate surface area is 110 Å². The molecule has 0 saturated heterocycles. The molecule has 1 heterocycles. The molecule has 3 N–H and O–H groups in total. The number of aromatic nitrogens is 2. The Balaban J connectivity index is 2.27. The average molecular weight is 262 g/mol. The Morgan fingerprint density at radius 1 is 1.32 bits per heavy atom. The molecular weight excluding hydrogens is 247 g/mol. The van der Waals surface area contributed by atoms with Crippen molar-refractivity contribution in [2.45, 2.75) is 13.0 Å². The quantitative estimate of drug-likeness (QED) is 0.885. The van der Waals surface area contributed by atoms with Gasteiger partial charge in [-0.15, -0.1) is 0 Å². The first kappa shape index (κ1) is 13.1. The maximum atomic E-state index is 13.7. The summed E-state index contributed by atoms with van der Waals surface area (Å²) >= 11 is 0. The first-order valence-electron chi connectivity index (χ1n) is 5.79. The molecule has 6 heteroatoms. The molecule has 0 bridgehead atoms. The van der Waals surface area contributed by atoms with Gasteiger partial charge in [-0.1, -0.05) is 18.2 Å². The zero-order valence-corrected chi connectivity index (χ0v) is 10.7. The Morgan fingerprint density at radius 2 is 2.05 bits per heavy atom. The van der Waals surface area contributed by atoms with Crippen molar-refractivity contribution < 1.29 is 9.13 Å². The summed E-state index contributed by atoms with van der Waals surface area (Å²) < 4.78 is 18.8. The van der Waals surface area contributed by atoms with Gasteiger partial charge in [0.2, 0.25) is 5.75 Å². The highest BCUT2D eigenvalue weighted by atomic mass is 19.1. The number of ether oxygens (including phenoxy) is 1. The van der Waals surface area contributed by atoms with E-state index in [1.807, 2.05) is 6.92 Å². The molecular formula is C13H15FN4O. The summed E-state index contributed by atoms with van der Waals surface area (Å²) in [5.41, 5.74) is 6.23. The average Bonchev–Trinajstić information content (AvgIpc) is 2.39. The summed E-state index contributed by atoms with van der Waals surface area (Å²) in [7, 11) is 1.48. The zero-order chi connectivity index (χ0) is 13.8. The molecule has 0 fully saturated rings. The van der Waals surface area contributed by atoms with Crippen molar-refractivity contribution in [1.29, 1.82) is 0 Å². The third-order valence-corrected chi connectivity index (χ3v) is 2.76. The Hall–Kier alpha value is -2.37. The van der Waals surface area contributed by atoms with E-state index in [4.69, 9.17) is 10.5 Å². The van der Waals surface area contributed by atoms with Gasteiger partial charge < -0.3 is 15.8 Å². The van der Waals surface area contributed by atoms with Gasteiger partial charge in [-0.2, -0.15) is 0 Å². The van der Waals surface area contributed by atoms with Gasteiger partial charge in [0, 0.05) is 5.56 Å². The highest BCUT2D eigenvalue weighted by Crippen LogP contribution is 2.30. The standard InChI is InChI=1S/C13H15FN4O/c1-8(9-5-3-4-6-10(9)14)18-13-11(19-2)12(15)16-7-17-13/h3-8H,1-2H3,(H3,15,16,17,18). The SMILES string of the molecule is COc1c(N)ncnc1NC(C)c1ccccc1F. The van der Waals surface area contributed by atoms with Crippen LogP contribution in [0.5, 0.6) is 5.75 Å². The number of methoxy groups -OCH3 is 1. The van der Waals surface area contributed by atoms with Crippen LogP contribution >= 0.6 is 0 Å². The second-order valence-electron chi connectivity index (χ2n) is 4.03. The van der Waals surface area contributed by atoms with Crippen LogP contribution in [0.2, 0.25) is 0 Å². The van der Waals surface area contributed by atoms with E-state index in [2.05, 4.69) is 15.3 Å². The monoisotopic (exact) mass is 262 g/mol. The number of benzene rings is 1. The van der Waals surface area contributed by atoms with E-state index in [0.29, 0.717) is 17.1 Å². The van der Waals surface area contributed by atoms with Gasteiger partial charge in [-0.3, -0.25) is 0 Å². The number of nitrogens with zero attached hydrogens (tertiary/aromatic N) is 2. The molecule has 0 saturated carbocycles. The van der Waals surface area contributed by atoms with Crippen molar-refractivity contribution >= 4 is 11.6 Å². The van der Waals surface area contributed by atoms with E-state index >= 15 is 0 Å². The molecule has 0 aliphatic heterocycles. The number of hydrogen-bond acceptors (Lipinski definition) is 5. The van der Waals surface area contributed by atoms with Crippen LogP contribution in [-0.2, 0) is 0 Å². The van der Waals surface area contributed by atoms with Crippen molar-refractivity contribution in [2.24, 2.45) is 0 Å². The van der Waals surface area contributed by atoms with Gasteiger partial charge in [0.1, 0.15) is 12.1 Å². The molecule has 100 valence electrons. The third kappa shape index (κ3) is 2.73. The van der Waals surface area contributed by atoms with Crippen molar-refractivity contribution in [1.82, 2.24) is 9.97 Å². The normalized spacial score (nSPS) is 11.9. The molecule has 0 aliphatic rings. The fraction of sp³-hybridized carbons (Fsp3) is 0.231. The Morgan fingerprint density at radius 3 is 2.74 bits per heavy atom. The minimum absolute atomic E-state index is 0.237. The first-order chi connectivity index (χ1) is 9.13. The molecule has 0 aliphatic carbocycles. The summed E-state index contributed by atoms with van der Waals surface area (Å²) in [5.74, 6) is 0.751. The fourth-order valence-electron chi connectivity index (χ4n) is 1.80. The molecule has 19 heavy (non-hydrogen) atoms. The smallest absolute Gasteiger partial charge is 0.203 e. The van der Waals surface area contributed by atoms with Gasteiger partial charge >= 0.3 is 0 Å². The Bertz CT molecular complexity index is 576. The fourth-order valence-corrected chi connectivity index (χ4v) is 1.80. The van der Waals surface area contributed by atoms with Crippen LogP contribution in [0.1, 0.15) is 18.5 Å². The van der Waals surface area contributed by atoms with E-state index < -0.39 is 0 Å². The van der Waals surface area contributed by atoms with Crippen LogP contribution in [0.25, 0.3) is 0 Å². The second kappa shape index (κ2) is 5.51. The number of anilines is 2. The molecule has 1 unspecified atom stereocenters. The number of nitrogens with two attached hydrogens (primary N) is 1. The summed E-state index contributed by atoms with van der Waals surface area (Å²) in [6.45, 7) is 1.83. The number of halogens is 1. The minimum Gasteiger partial charge on any atom is -0.490 e. The Kier molecular flexibility index (Phi) is 3.79. The predicted octanol–water partition coefficient (Wildman–Crippen LogP) is 2.38. The first-order valence-corrected chi connectivity index (χ1v) is 5.79. The summed E-state index contributed by atoms with van der Waals surface area (Å²) in [5, 5.41) is 3.06. The maximum absolute atomic E-state index is 13.7. The van der Waals surface area contributed by atoms with E-state index in [1.54, 1.807) is 18.2 Å². The molecule has 5 nitrogen and oxygen atoms in total. The highest BCUT2D eigenvalue weighted by Gasteiger charge is 2.15. The lowest BCUT2D eigenvalue weighted by molar-refractivity contribution is 0.414. The lowest BCUT2D eigenvalue weighted by Gasteiger charge is -2.17. The van der Waals surface area contributed by atoms with Crippen molar-refractivity contribution in [3.05, 3.63) is 42.0 Å². The van der Waals surface area contributed by atoms with E-state index in [0.717, 1.165) is 0 Å².